The van der Waals surface area contributed by atoms with E-state index in [1.54, 1.807) is 0 Å². The Balaban J connectivity index is 0. The van der Waals surface area contributed by atoms with E-state index in [-0.39, 0.29) is 95.3 Å². The van der Waals surface area contributed by atoms with Crippen molar-refractivity contribution in [1.29, 1.82) is 0 Å². The first-order valence-corrected chi connectivity index (χ1v) is 0. The third kappa shape index (κ3) is 5120. The Kier molecular flexibility index (Phi) is 3700000. The van der Waals surface area contributed by atoms with Crippen molar-refractivity contribution in [1.82, 2.24) is 0 Å². The van der Waals surface area contributed by atoms with Crippen LogP contribution in [0.15, 0.2) is 0 Å². The van der Waals surface area contributed by atoms with Crippen LogP contribution in [0.4, 0.5) is 0 Å². The quantitative estimate of drug-likeness (QED) is 0.355. The fraction of sp³-hybridized carbons (Fsp3) is 0. The van der Waals surface area contributed by atoms with Crippen LogP contribution in [0, 0.1) is 0 Å². The molecule has 0 aliphatic rings. The van der Waals surface area contributed by atoms with E-state index in [0.29, 0.717) is 0 Å². The van der Waals surface area contributed by atoms with Gasteiger partial charge in [0.2, 0.25) is 0 Å². The van der Waals surface area contributed by atoms with Crippen molar-refractivity contribution < 1.29 is 65.7 Å². The van der Waals surface area contributed by atoms with Gasteiger partial charge in [-0.2, -0.15) is 0 Å². The van der Waals surface area contributed by atoms with Crippen molar-refractivity contribution in [2.45, 2.75) is 0 Å². The van der Waals surface area contributed by atoms with Gasteiger partial charge in [0.1, 0.15) is 0 Å². The van der Waals surface area contributed by atoms with Gasteiger partial charge in [0.05, 0.1) is 0 Å². The second-order valence-corrected chi connectivity index (χ2v) is 0. The predicted octanol–water partition coefficient (Wildman–Crippen LogP) is -10.3. The van der Waals surface area contributed by atoms with Gasteiger partial charge < -0.3 is 65.7 Å². The number of hydrogen-bond donors (Lipinski definition) is 0. The molecule has 0 rings (SSSR count). The summed E-state index contributed by atoms with van der Waals surface area (Å²) >= 11 is 0. The van der Waals surface area contributed by atoms with E-state index in [4.69, 9.17) is 0 Å². The summed E-state index contributed by atoms with van der Waals surface area (Å²) in [5.41, 5.74) is 0. The van der Waals surface area contributed by atoms with Crippen LogP contribution in [0.5, 0.6) is 0 Å². The first-order valence-electron chi connectivity index (χ1n) is 0. The third-order valence-corrected chi connectivity index (χ3v) is 0. The second kappa shape index (κ2) is 6140. The van der Waals surface area contributed by atoms with E-state index in [2.05, 4.69) is 0 Å². The Bertz CT molecular complexity index is 5.09. The average molecular weight is 239 g/mol. The number of rotatable bonds is 0. The number of hydrogen-bond acceptors (Lipinski definition) is 0. The summed E-state index contributed by atoms with van der Waals surface area (Å²) in [5.74, 6) is 0. The van der Waals surface area contributed by atoms with Crippen molar-refractivity contribution in [2.24, 2.45) is 0 Å². The van der Waals surface area contributed by atoms with E-state index >= 15 is 0 Å². The molecular formula is H24NaO12. The molecule has 0 amide bonds. The molecule has 0 aliphatic carbocycles. The molecule has 0 aromatic carbocycles. The Labute approximate surface area is 95.6 Å². The molecule has 0 unspecified atom stereocenters. The standard InChI is InChI=1S/Na.12H2O/h;12*1H2. The minimum Gasteiger partial charge on any atom is -0.412 e. The first-order chi connectivity index (χ1) is 0. The van der Waals surface area contributed by atoms with E-state index in [1.807, 2.05) is 0 Å². The smallest absolute Gasteiger partial charge is 0 e. The largest absolute Gasteiger partial charge is 0.412 e. The van der Waals surface area contributed by atoms with Gasteiger partial charge in [-0.25, -0.2) is 0 Å². The molecule has 0 heterocycles. The zero-order valence-corrected chi connectivity index (χ0v) is 9.00. The van der Waals surface area contributed by atoms with Crippen LogP contribution in [0.1, 0.15) is 0 Å². The van der Waals surface area contributed by atoms with Crippen LogP contribution in [-0.4, -0.2) is 95.3 Å². The minimum absolute atomic E-state index is 0. The molecule has 0 bridgehead atoms. The molecule has 13 heteroatoms. The first kappa shape index (κ1) is 7840. The molecular weight excluding hydrogens is 215 g/mol. The van der Waals surface area contributed by atoms with Gasteiger partial charge in [-0.3, -0.25) is 0 Å². The topological polar surface area (TPSA) is 378 Å². The normalized spacial score (nSPS) is 0. The third-order valence-electron chi connectivity index (χ3n) is 0. The predicted molar refractivity (Wildman–Crippen MR) is 49.1 cm³/mol. The Morgan fingerprint density at radius 2 is 0.154 bits per heavy atom. The molecule has 1 radical (unpaired) electrons. The van der Waals surface area contributed by atoms with Gasteiger partial charge in [-0.05, 0) is 0 Å². The zero-order chi connectivity index (χ0) is 0. The van der Waals surface area contributed by atoms with E-state index in [1.165, 1.54) is 0 Å². The maximum Gasteiger partial charge on any atom is 0 e. The molecule has 0 atom stereocenters. The Morgan fingerprint density at radius 1 is 0.154 bits per heavy atom. The molecule has 0 aromatic heterocycles. The van der Waals surface area contributed by atoms with Gasteiger partial charge in [-0.1, -0.05) is 0 Å². The summed E-state index contributed by atoms with van der Waals surface area (Å²) in [6, 6.07) is 0. The maximum absolute atomic E-state index is 0. The van der Waals surface area contributed by atoms with Crippen molar-refractivity contribution >= 4 is 29.6 Å². The summed E-state index contributed by atoms with van der Waals surface area (Å²) in [6.45, 7) is 0. The second-order valence-electron chi connectivity index (χ2n) is 0. The molecule has 0 saturated heterocycles. The maximum atomic E-state index is 0. The fourth-order valence-corrected chi connectivity index (χ4v) is 0. The van der Waals surface area contributed by atoms with Crippen LogP contribution in [-0.2, 0) is 0 Å². The molecule has 13 heavy (non-hydrogen) atoms. The van der Waals surface area contributed by atoms with Gasteiger partial charge in [0, 0.05) is 29.6 Å². The summed E-state index contributed by atoms with van der Waals surface area (Å²) in [7, 11) is 0. The summed E-state index contributed by atoms with van der Waals surface area (Å²) in [6.07, 6.45) is 0. The SMILES string of the molecule is O.O.O.O.O.O.O.O.O.O.O.O.[Na]. The molecule has 0 aromatic rings. The average Bonchev–Trinajstić information content (AvgIpc) is 0. The molecule has 0 spiro atoms. The van der Waals surface area contributed by atoms with Crippen LogP contribution < -0.4 is 0 Å². The molecule has 0 aliphatic heterocycles. The van der Waals surface area contributed by atoms with Crippen LogP contribution in [0.2, 0.25) is 0 Å². The van der Waals surface area contributed by atoms with Crippen LogP contribution >= 0.6 is 0 Å². The monoisotopic (exact) mass is 239 g/mol. The van der Waals surface area contributed by atoms with Crippen molar-refractivity contribution in [3.63, 3.8) is 0 Å². The molecule has 97 valence electrons. The van der Waals surface area contributed by atoms with Gasteiger partial charge in [0.15, 0.2) is 0 Å². The zero-order valence-electron chi connectivity index (χ0n) is 7.00. The van der Waals surface area contributed by atoms with Gasteiger partial charge in [-0.15, -0.1) is 0 Å². The molecule has 0 fully saturated rings. The van der Waals surface area contributed by atoms with E-state index < -0.39 is 0 Å². The van der Waals surface area contributed by atoms with Gasteiger partial charge >= 0.3 is 0 Å². The summed E-state index contributed by atoms with van der Waals surface area (Å²) in [5, 5.41) is 0. The molecule has 24 N–H and O–H groups in total. The van der Waals surface area contributed by atoms with Crippen molar-refractivity contribution in [3.8, 4) is 0 Å². The van der Waals surface area contributed by atoms with E-state index in [9.17, 15) is 0 Å². The summed E-state index contributed by atoms with van der Waals surface area (Å²) in [4.78, 5) is 0. The van der Waals surface area contributed by atoms with E-state index in [0.717, 1.165) is 0 Å². The molecule has 12 nitrogen and oxygen atoms in total. The Morgan fingerprint density at radius 3 is 0.154 bits per heavy atom. The summed E-state index contributed by atoms with van der Waals surface area (Å²) < 4.78 is 0. The van der Waals surface area contributed by atoms with Crippen LogP contribution in [0.3, 0.4) is 0 Å². The fourth-order valence-electron chi connectivity index (χ4n) is 0. The minimum atomic E-state index is 0. The van der Waals surface area contributed by atoms with Crippen molar-refractivity contribution in [2.75, 3.05) is 0 Å². The van der Waals surface area contributed by atoms with Gasteiger partial charge in [0.25, 0.3) is 0 Å². The molecule has 0 saturated carbocycles. The van der Waals surface area contributed by atoms with Crippen LogP contribution in [0.25, 0.3) is 0 Å². The van der Waals surface area contributed by atoms with Crippen molar-refractivity contribution in [3.05, 3.63) is 0 Å². The Hall–Kier alpha value is 0.520.